The highest BCUT2D eigenvalue weighted by atomic mass is 79.9. The van der Waals surface area contributed by atoms with Crippen LogP contribution in [0, 0.1) is 0 Å². The monoisotopic (exact) mass is 295 g/mol. The summed E-state index contributed by atoms with van der Waals surface area (Å²) >= 11 is 14.5. The third-order valence-corrected chi connectivity index (χ3v) is 2.67. The maximum absolute atomic E-state index is 11.5. The molecule has 0 aliphatic carbocycles. The Bertz CT molecular complexity index is 344. The first-order valence-corrected chi connectivity index (χ1v) is 5.65. The second kappa shape index (κ2) is 5.59. The van der Waals surface area contributed by atoms with Crippen molar-refractivity contribution in [1.29, 1.82) is 0 Å². The molecule has 1 N–H and O–H groups in total. The third-order valence-electron chi connectivity index (χ3n) is 1.55. The maximum atomic E-state index is 11.5. The van der Waals surface area contributed by atoms with Gasteiger partial charge in [-0.3, -0.25) is 4.79 Å². The molecule has 0 saturated carbocycles. The van der Waals surface area contributed by atoms with Gasteiger partial charge in [-0.2, -0.15) is 0 Å². The number of nitrogens with one attached hydrogen (secondary N) is 1. The van der Waals surface area contributed by atoms with E-state index in [1.54, 1.807) is 18.2 Å². The molecule has 1 amide bonds. The molecular formula is C9H8BrCl2NO. The van der Waals surface area contributed by atoms with Gasteiger partial charge in [0.25, 0.3) is 5.91 Å². The smallest absolute Gasteiger partial charge is 0.252 e. The molecule has 2 nitrogen and oxygen atoms in total. The minimum Gasteiger partial charge on any atom is -0.351 e. The molecule has 1 aromatic carbocycles. The number of alkyl halides is 1. The van der Waals surface area contributed by atoms with Crippen LogP contribution in [0.15, 0.2) is 22.7 Å². The summed E-state index contributed by atoms with van der Waals surface area (Å²) in [4.78, 5) is 11.5. The number of halogens is 3. The Morgan fingerprint density at radius 3 is 2.86 bits per heavy atom. The molecule has 1 rings (SSSR count). The van der Waals surface area contributed by atoms with Gasteiger partial charge in [-0.25, -0.2) is 0 Å². The first-order valence-electron chi connectivity index (χ1n) is 3.94. The predicted octanol–water partition coefficient (Wildman–Crippen LogP) is 3.07. The van der Waals surface area contributed by atoms with Crippen LogP contribution in [0.2, 0.25) is 5.02 Å². The van der Waals surface area contributed by atoms with Crippen LogP contribution >= 0.6 is 39.1 Å². The van der Waals surface area contributed by atoms with Gasteiger partial charge >= 0.3 is 0 Å². The molecule has 0 fully saturated rings. The minimum absolute atomic E-state index is 0.181. The van der Waals surface area contributed by atoms with E-state index in [1.807, 2.05) is 0 Å². The quantitative estimate of drug-likeness (QED) is 0.854. The van der Waals surface area contributed by atoms with Gasteiger partial charge in [0, 0.05) is 21.9 Å². The molecule has 0 bridgehead atoms. The van der Waals surface area contributed by atoms with Crippen molar-refractivity contribution < 1.29 is 4.79 Å². The van der Waals surface area contributed by atoms with Gasteiger partial charge in [-0.05, 0) is 34.1 Å². The number of hydrogen-bond acceptors (Lipinski definition) is 1. The number of benzene rings is 1. The molecule has 0 aliphatic heterocycles. The molecule has 5 heteroatoms. The van der Waals surface area contributed by atoms with Crippen LogP contribution in [0.3, 0.4) is 0 Å². The minimum atomic E-state index is -0.181. The standard InChI is InChI=1S/C9H8BrCl2NO/c10-8-2-1-6(12)5-7(8)9(14)13-4-3-11/h1-2,5H,3-4H2,(H,13,14). The van der Waals surface area contributed by atoms with Crippen molar-refractivity contribution in [1.82, 2.24) is 5.32 Å². The van der Waals surface area contributed by atoms with E-state index in [9.17, 15) is 4.79 Å². The third kappa shape index (κ3) is 3.15. The van der Waals surface area contributed by atoms with Gasteiger partial charge in [0.05, 0.1) is 5.56 Å². The van der Waals surface area contributed by atoms with Gasteiger partial charge in [-0.15, -0.1) is 11.6 Å². The first-order chi connectivity index (χ1) is 6.65. The summed E-state index contributed by atoms with van der Waals surface area (Å²) in [6.45, 7) is 0.444. The van der Waals surface area contributed by atoms with Crippen LogP contribution in [-0.4, -0.2) is 18.3 Å². The van der Waals surface area contributed by atoms with E-state index in [4.69, 9.17) is 23.2 Å². The molecule has 14 heavy (non-hydrogen) atoms. The van der Waals surface area contributed by atoms with Gasteiger partial charge in [0.15, 0.2) is 0 Å². The highest BCUT2D eigenvalue weighted by molar-refractivity contribution is 9.10. The Hall–Kier alpha value is -0.250. The van der Waals surface area contributed by atoms with Crippen molar-refractivity contribution in [2.75, 3.05) is 12.4 Å². The molecule has 0 aromatic heterocycles. The predicted molar refractivity (Wildman–Crippen MR) is 62.2 cm³/mol. The second-order valence-electron chi connectivity index (χ2n) is 2.57. The van der Waals surface area contributed by atoms with E-state index in [0.29, 0.717) is 27.5 Å². The number of rotatable bonds is 3. The fourth-order valence-electron chi connectivity index (χ4n) is 0.928. The molecule has 1 aromatic rings. The summed E-state index contributed by atoms with van der Waals surface area (Å²) in [5.41, 5.74) is 0.516. The van der Waals surface area contributed by atoms with E-state index in [0.717, 1.165) is 0 Å². The van der Waals surface area contributed by atoms with Gasteiger partial charge in [0.1, 0.15) is 0 Å². The van der Waals surface area contributed by atoms with Crippen molar-refractivity contribution in [2.45, 2.75) is 0 Å². The zero-order chi connectivity index (χ0) is 10.6. The van der Waals surface area contributed by atoms with Gasteiger partial charge < -0.3 is 5.32 Å². The number of carbonyl (C=O) groups excluding carboxylic acids is 1. The Labute approximate surface area is 101 Å². The average Bonchev–Trinajstić information content (AvgIpc) is 2.18. The largest absolute Gasteiger partial charge is 0.351 e. The van der Waals surface area contributed by atoms with E-state index in [-0.39, 0.29) is 5.91 Å². The van der Waals surface area contributed by atoms with Gasteiger partial charge in [0.2, 0.25) is 0 Å². The van der Waals surface area contributed by atoms with Crippen molar-refractivity contribution in [3.8, 4) is 0 Å². The lowest BCUT2D eigenvalue weighted by atomic mass is 10.2. The summed E-state index contributed by atoms with van der Waals surface area (Å²) in [6.07, 6.45) is 0. The Morgan fingerprint density at radius 1 is 1.50 bits per heavy atom. The van der Waals surface area contributed by atoms with Crippen molar-refractivity contribution in [3.05, 3.63) is 33.3 Å². The molecule has 0 spiro atoms. The van der Waals surface area contributed by atoms with E-state index in [1.165, 1.54) is 0 Å². The number of hydrogen-bond donors (Lipinski definition) is 1. The fraction of sp³-hybridized carbons (Fsp3) is 0.222. The van der Waals surface area contributed by atoms with Crippen LogP contribution in [0.5, 0.6) is 0 Å². The molecule has 0 saturated heterocycles. The summed E-state index contributed by atoms with van der Waals surface area (Å²) in [6, 6.07) is 5.05. The lowest BCUT2D eigenvalue weighted by Crippen LogP contribution is -2.25. The molecule has 0 heterocycles. The lowest BCUT2D eigenvalue weighted by molar-refractivity contribution is 0.0955. The van der Waals surface area contributed by atoms with E-state index in [2.05, 4.69) is 21.2 Å². The molecule has 0 radical (unpaired) electrons. The molecular weight excluding hydrogens is 289 g/mol. The number of amides is 1. The fourth-order valence-corrected chi connectivity index (χ4v) is 1.62. The molecule has 76 valence electrons. The van der Waals surface area contributed by atoms with E-state index < -0.39 is 0 Å². The summed E-state index contributed by atoms with van der Waals surface area (Å²) in [5.74, 6) is 0.212. The van der Waals surface area contributed by atoms with Crippen LogP contribution in [0.25, 0.3) is 0 Å². The average molecular weight is 297 g/mol. The van der Waals surface area contributed by atoms with Crippen molar-refractivity contribution in [3.63, 3.8) is 0 Å². The zero-order valence-electron chi connectivity index (χ0n) is 7.19. The van der Waals surface area contributed by atoms with Crippen molar-refractivity contribution >= 4 is 45.0 Å². The highest BCUT2D eigenvalue weighted by Crippen LogP contribution is 2.20. The SMILES string of the molecule is O=C(NCCCl)c1cc(Cl)ccc1Br. The Balaban J connectivity index is 2.83. The summed E-state index contributed by atoms with van der Waals surface area (Å²) in [7, 11) is 0. The Kier molecular flexibility index (Phi) is 4.72. The Morgan fingerprint density at radius 2 is 2.21 bits per heavy atom. The highest BCUT2D eigenvalue weighted by Gasteiger charge is 2.09. The number of carbonyl (C=O) groups is 1. The van der Waals surface area contributed by atoms with Crippen LogP contribution in [0.4, 0.5) is 0 Å². The maximum Gasteiger partial charge on any atom is 0.252 e. The first kappa shape index (κ1) is 11.8. The van der Waals surface area contributed by atoms with Crippen LogP contribution < -0.4 is 5.32 Å². The molecule has 0 aliphatic rings. The topological polar surface area (TPSA) is 29.1 Å². The summed E-state index contributed by atoms with van der Waals surface area (Å²) < 4.78 is 0.717. The van der Waals surface area contributed by atoms with Crippen LogP contribution in [0.1, 0.15) is 10.4 Å². The molecule has 0 unspecified atom stereocenters. The van der Waals surface area contributed by atoms with Crippen molar-refractivity contribution in [2.24, 2.45) is 0 Å². The van der Waals surface area contributed by atoms with Gasteiger partial charge in [-0.1, -0.05) is 11.6 Å². The zero-order valence-corrected chi connectivity index (χ0v) is 10.3. The normalized spacial score (nSPS) is 9.93. The second-order valence-corrected chi connectivity index (χ2v) is 4.24. The van der Waals surface area contributed by atoms with E-state index >= 15 is 0 Å². The lowest BCUT2D eigenvalue weighted by Gasteiger charge is -2.05. The molecule has 0 atom stereocenters. The van der Waals surface area contributed by atoms with Crippen LogP contribution in [-0.2, 0) is 0 Å². The summed E-state index contributed by atoms with van der Waals surface area (Å²) in [5, 5.41) is 3.19.